The van der Waals surface area contributed by atoms with Crippen LogP contribution in [-0.4, -0.2) is 90.1 Å². The number of amides is 2. The molecule has 0 aromatic carbocycles. The van der Waals surface area contributed by atoms with Gasteiger partial charge in [0, 0.05) is 37.3 Å². The Morgan fingerprint density at radius 1 is 0.933 bits per heavy atom. The number of carbonyl (C=O) groups is 4. The average molecular weight is 425 g/mol. The lowest BCUT2D eigenvalue weighted by Gasteiger charge is -2.31. The van der Waals surface area contributed by atoms with Crippen LogP contribution in [0.25, 0.3) is 0 Å². The van der Waals surface area contributed by atoms with E-state index in [-0.39, 0.29) is 51.6 Å². The zero-order valence-corrected chi connectivity index (χ0v) is 16.1. The Bertz CT molecular complexity index is 847. The number of nitrogens with zero attached hydrogens (tertiary/aromatic N) is 3. The number of hydrogen-bond donors (Lipinski definition) is 3. The standard InChI is InChI=1S/C18H23N3O9/c22-10-2-4-12(14(25)26)18(8-10)16(28)20(18)6-5-19-15(27)17(19)7-9(21(29)30)1-3-11(17)13(23)24/h9-12,22H,1-8H2,(H,23,24)(H,25,26). The van der Waals surface area contributed by atoms with Gasteiger partial charge in [-0.05, 0) is 19.3 Å². The molecule has 12 heteroatoms. The van der Waals surface area contributed by atoms with Gasteiger partial charge in [0.1, 0.15) is 11.1 Å². The van der Waals surface area contributed by atoms with Crippen LogP contribution in [0.3, 0.4) is 0 Å². The molecule has 2 aliphatic carbocycles. The van der Waals surface area contributed by atoms with E-state index in [1.165, 1.54) is 9.80 Å². The topological polar surface area (TPSA) is 178 Å². The summed E-state index contributed by atoms with van der Waals surface area (Å²) in [4.78, 5) is 61.7. The average Bonchev–Trinajstić information content (AvgIpc) is 3.43. The van der Waals surface area contributed by atoms with Crippen molar-refractivity contribution in [2.75, 3.05) is 13.1 Å². The summed E-state index contributed by atoms with van der Waals surface area (Å²) >= 11 is 0. The molecule has 2 heterocycles. The lowest BCUT2D eigenvalue weighted by atomic mass is 9.76. The maximum absolute atomic E-state index is 12.6. The van der Waals surface area contributed by atoms with Crippen LogP contribution in [0.2, 0.25) is 0 Å². The van der Waals surface area contributed by atoms with Gasteiger partial charge in [-0.2, -0.15) is 0 Å². The summed E-state index contributed by atoms with van der Waals surface area (Å²) in [5.74, 6) is -5.20. The first-order valence-electron chi connectivity index (χ1n) is 9.98. The van der Waals surface area contributed by atoms with E-state index in [9.17, 15) is 44.6 Å². The molecule has 0 aromatic heterocycles. The molecule has 30 heavy (non-hydrogen) atoms. The van der Waals surface area contributed by atoms with E-state index in [0.29, 0.717) is 0 Å². The third-order valence-electron chi connectivity index (χ3n) is 7.36. The minimum absolute atomic E-state index is 0.00169. The highest BCUT2D eigenvalue weighted by Crippen LogP contribution is 2.53. The van der Waals surface area contributed by atoms with Crippen molar-refractivity contribution in [2.24, 2.45) is 11.8 Å². The summed E-state index contributed by atoms with van der Waals surface area (Å²) in [6.07, 6.45) is -0.428. The second-order valence-electron chi connectivity index (χ2n) is 8.70. The molecule has 6 unspecified atom stereocenters. The van der Waals surface area contributed by atoms with Crippen molar-refractivity contribution < 1.29 is 39.4 Å². The lowest BCUT2D eigenvalue weighted by molar-refractivity contribution is -0.528. The maximum atomic E-state index is 12.6. The summed E-state index contributed by atoms with van der Waals surface area (Å²) in [5, 5.41) is 40.2. The monoisotopic (exact) mass is 425 g/mol. The van der Waals surface area contributed by atoms with Gasteiger partial charge in [-0.1, -0.05) is 0 Å². The van der Waals surface area contributed by atoms with Crippen molar-refractivity contribution in [3.05, 3.63) is 10.1 Å². The Morgan fingerprint density at radius 2 is 1.40 bits per heavy atom. The largest absolute Gasteiger partial charge is 0.481 e. The number of rotatable bonds is 6. The van der Waals surface area contributed by atoms with E-state index < -0.39 is 63.7 Å². The first kappa shape index (κ1) is 20.5. The van der Waals surface area contributed by atoms with Crippen LogP contribution in [0.15, 0.2) is 0 Å². The second-order valence-corrected chi connectivity index (χ2v) is 8.70. The number of carbonyl (C=O) groups excluding carboxylic acids is 2. The molecule has 2 saturated heterocycles. The maximum Gasteiger partial charge on any atom is 0.309 e. The van der Waals surface area contributed by atoms with Gasteiger partial charge in [0.05, 0.1) is 17.9 Å². The molecule has 6 atom stereocenters. The molecule has 2 saturated carbocycles. The summed E-state index contributed by atoms with van der Waals surface area (Å²) < 4.78 is 0. The SMILES string of the molecule is O=C(O)C1CCC(O)CC12C(=O)N2CCN1C(=O)C12CC([N+](=O)[O-])CCC2C(=O)O. The van der Waals surface area contributed by atoms with Gasteiger partial charge < -0.3 is 25.1 Å². The van der Waals surface area contributed by atoms with Crippen molar-refractivity contribution in [1.82, 2.24) is 9.80 Å². The van der Waals surface area contributed by atoms with Gasteiger partial charge in [0.2, 0.25) is 6.04 Å². The second kappa shape index (κ2) is 6.62. The van der Waals surface area contributed by atoms with Crippen LogP contribution in [0.1, 0.15) is 38.5 Å². The van der Waals surface area contributed by atoms with Crippen LogP contribution in [0, 0.1) is 22.0 Å². The number of hydrogen-bond acceptors (Lipinski definition) is 7. The van der Waals surface area contributed by atoms with Gasteiger partial charge >= 0.3 is 11.9 Å². The summed E-state index contributed by atoms with van der Waals surface area (Å²) in [6, 6.07) is -1.01. The normalized spacial score (nSPS) is 40.0. The first-order valence-corrected chi connectivity index (χ1v) is 9.98. The van der Waals surface area contributed by atoms with Crippen LogP contribution in [0.5, 0.6) is 0 Å². The highest BCUT2D eigenvalue weighted by atomic mass is 16.6. The van der Waals surface area contributed by atoms with Crippen molar-refractivity contribution in [3.8, 4) is 0 Å². The summed E-state index contributed by atoms with van der Waals surface area (Å²) in [6.45, 7) is -0.0265. The Balaban J connectivity index is 1.48. The first-order chi connectivity index (χ1) is 14.1. The summed E-state index contributed by atoms with van der Waals surface area (Å²) in [7, 11) is 0. The summed E-state index contributed by atoms with van der Waals surface area (Å²) in [5.41, 5.74) is -2.73. The number of aliphatic hydroxyl groups excluding tert-OH is 1. The molecular weight excluding hydrogens is 402 g/mol. The predicted octanol–water partition coefficient (Wildman–Crippen LogP) is -1.08. The molecule has 4 rings (SSSR count). The molecule has 2 aliphatic heterocycles. The van der Waals surface area contributed by atoms with E-state index in [1.807, 2.05) is 0 Å². The van der Waals surface area contributed by atoms with E-state index in [1.54, 1.807) is 0 Å². The molecule has 3 N–H and O–H groups in total. The predicted molar refractivity (Wildman–Crippen MR) is 95.6 cm³/mol. The van der Waals surface area contributed by atoms with E-state index >= 15 is 0 Å². The minimum atomic E-state index is -1.44. The molecule has 2 spiro atoms. The molecule has 164 valence electrons. The van der Waals surface area contributed by atoms with Crippen molar-refractivity contribution >= 4 is 23.8 Å². The zero-order chi connectivity index (χ0) is 22.0. The van der Waals surface area contributed by atoms with Crippen LogP contribution >= 0.6 is 0 Å². The van der Waals surface area contributed by atoms with Gasteiger partial charge in [0.15, 0.2) is 0 Å². The highest BCUT2D eigenvalue weighted by molar-refractivity contribution is 6.07. The van der Waals surface area contributed by atoms with Crippen LogP contribution in [-0.2, 0) is 19.2 Å². The van der Waals surface area contributed by atoms with E-state index in [2.05, 4.69) is 0 Å². The molecule has 0 bridgehead atoms. The van der Waals surface area contributed by atoms with Gasteiger partial charge in [-0.25, -0.2) is 0 Å². The van der Waals surface area contributed by atoms with E-state index in [4.69, 9.17) is 0 Å². The Kier molecular flexibility index (Phi) is 4.53. The Morgan fingerprint density at radius 3 is 1.87 bits per heavy atom. The molecule has 12 nitrogen and oxygen atoms in total. The molecule has 4 aliphatic rings. The van der Waals surface area contributed by atoms with Crippen molar-refractivity contribution in [3.63, 3.8) is 0 Å². The fourth-order valence-electron chi connectivity index (χ4n) is 5.75. The molecule has 2 amide bonds. The van der Waals surface area contributed by atoms with Gasteiger partial charge in [-0.15, -0.1) is 0 Å². The van der Waals surface area contributed by atoms with E-state index in [0.717, 1.165) is 0 Å². The number of carboxylic acids is 2. The number of carboxylic acid groups (broad SMARTS) is 2. The fraction of sp³-hybridized carbons (Fsp3) is 0.778. The Hall–Kier alpha value is -2.76. The fourth-order valence-corrected chi connectivity index (χ4v) is 5.75. The van der Waals surface area contributed by atoms with Crippen molar-refractivity contribution in [2.45, 2.75) is 61.7 Å². The lowest BCUT2D eigenvalue weighted by Crippen LogP contribution is -2.46. The van der Waals surface area contributed by atoms with Crippen LogP contribution < -0.4 is 0 Å². The molecule has 0 radical (unpaired) electrons. The third kappa shape index (κ3) is 2.69. The van der Waals surface area contributed by atoms with Crippen LogP contribution in [0.4, 0.5) is 0 Å². The molecular formula is C18H23N3O9. The highest BCUT2D eigenvalue weighted by Gasteiger charge is 2.74. The minimum Gasteiger partial charge on any atom is -0.481 e. The third-order valence-corrected chi connectivity index (χ3v) is 7.36. The van der Waals surface area contributed by atoms with Gasteiger partial charge in [0.25, 0.3) is 11.8 Å². The smallest absolute Gasteiger partial charge is 0.309 e. The number of aliphatic carboxylic acids is 2. The zero-order valence-electron chi connectivity index (χ0n) is 16.1. The Labute approximate surface area is 170 Å². The molecule has 0 aromatic rings. The quantitative estimate of drug-likeness (QED) is 0.271. The van der Waals surface area contributed by atoms with Crippen molar-refractivity contribution in [1.29, 1.82) is 0 Å². The number of aliphatic hydroxyl groups is 1. The number of nitro groups is 1. The molecule has 4 fully saturated rings. The van der Waals surface area contributed by atoms with Gasteiger partial charge in [-0.3, -0.25) is 29.3 Å².